The van der Waals surface area contributed by atoms with Gasteiger partial charge in [-0.3, -0.25) is 4.98 Å². The Morgan fingerprint density at radius 2 is 2.20 bits per heavy atom. The van der Waals surface area contributed by atoms with Crippen molar-refractivity contribution in [1.29, 1.82) is 10.5 Å². The zero-order chi connectivity index (χ0) is 10.9. The second-order valence-electron chi connectivity index (χ2n) is 4.15. The Kier molecular flexibility index (Phi) is 2.17. The molecule has 3 nitrogen and oxygen atoms in total. The highest BCUT2D eigenvalue weighted by atomic mass is 14.7. The first-order valence-electron chi connectivity index (χ1n) is 4.96. The number of nitrogens with zero attached hydrogens (tertiary/aromatic N) is 3. The van der Waals surface area contributed by atoms with Crippen molar-refractivity contribution in [2.45, 2.75) is 26.2 Å². The standard InChI is InChI=1S/C12H11N3/c1-9-11(4-10(6-13)7-15-9)5-12(8-14)2-3-12/h4,7H,2-3,5H2,1H3. The molecule has 1 heterocycles. The Hall–Kier alpha value is -1.87. The molecular weight excluding hydrogens is 186 g/mol. The van der Waals surface area contributed by atoms with E-state index in [1.165, 1.54) is 0 Å². The Morgan fingerprint density at radius 1 is 1.47 bits per heavy atom. The summed E-state index contributed by atoms with van der Waals surface area (Å²) in [6, 6.07) is 6.28. The van der Waals surface area contributed by atoms with Gasteiger partial charge in [0.2, 0.25) is 0 Å². The van der Waals surface area contributed by atoms with Gasteiger partial charge in [-0.2, -0.15) is 10.5 Å². The van der Waals surface area contributed by atoms with E-state index in [0.29, 0.717) is 5.56 Å². The van der Waals surface area contributed by atoms with Gasteiger partial charge in [0.25, 0.3) is 0 Å². The molecule has 74 valence electrons. The van der Waals surface area contributed by atoms with Gasteiger partial charge in [0, 0.05) is 11.9 Å². The van der Waals surface area contributed by atoms with E-state index in [2.05, 4.69) is 17.1 Å². The fraction of sp³-hybridized carbons (Fsp3) is 0.417. The van der Waals surface area contributed by atoms with Crippen molar-refractivity contribution in [3.63, 3.8) is 0 Å². The second kappa shape index (κ2) is 3.37. The predicted molar refractivity (Wildman–Crippen MR) is 54.7 cm³/mol. The summed E-state index contributed by atoms with van der Waals surface area (Å²) >= 11 is 0. The van der Waals surface area contributed by atoms with Crippen LogP contribution in [0.25, 0.3) is 0 Å². The molecule has 0 aromatic carbocycles. The number of pyridine rings is 1. The Balaban J connectivity index is 2.29. The van der Waals surface area contributed by atoms with Crippen molar-refractivity contribution in [1.82, 2.24) is 4.98 Å². The van der Waals surface area contributed by atoms with Crippen LogP contribution in [0.5, 0.6) is 0 Å². The van der Waals surface area contributed by atoms with Gasteiger partial charge in [-0.05, 0) is 37.8 Å². The lowest BCUT2D eigenvalue weighted by atomic mass is 9.96. The van der Waals surface area contributed by atoms with Crippen LogP contribution in [0.2, 0.25) is 0 Å². The van der Waals surface area contributed by atoms with Gasteiger partial charge in [-0.1, -0.05) is 0 Å². The van der Waals surface area contributed by atoms with Crippen LogP contribution < -0.4 is 0 Å². The summed E-state index contributed by atoms with van der Waals surface area (Å²) in [4.78, 5) is 4.16. The van der Waals surface area contributed by atoms with E-state index in [1.54, 1.807) is 6.20 Å². The normalized spacial score (nSPS) is 16.5. The van der Waals surface area contributed by atoms with Gasteiger partial charge >= 0.3 is 0 Å². The molecule has 1 fully saturated rings. The van der Waals surface area contributed by atoms with Crippen LogP contribution in [0.1, 0.15) is 29.7 Å². The summed E-state index contributed by atoms with van der Waals surface area (Å²) in [5, 5.41) is 17.8. The lowest BCUT2D eigenvalue weighted by Gasteiger charge is -2.08. The monoisotopic (exact) mass is 197 g/mol. The number of rotatable bonds is 2. The molecule has 3 heteroatoms. The minimum atomic E-state index is -0.166. The van der Waals surface area contributed by atoms with Gasteiger partial charge in [0.05, 0.1) is 17.0 Å². The second-order valence-corrected chi connectivity index (χ2v) is 4.15. The molecule has 1 aromatic heterocycles. The first kappa shape index (κ1) is 9.68. The van der Waals surface area contributed by atoms with E-state index >= 15 is 0 Å². The molecule has 1 aromatic rings. The third kappa shape index (κ3) is 1.82. The number of aryl methyl sites for hydroxylation is 1. The zero-order valence-corrected chi connectivity index (χ0v) is 8.62. The molecule has 0 unspecified atom stereocenters. The fourth-order valence-corrected chi connectivity index (χ4v) is 1.66. The quantitative estimate of drug-likeness (QED) is 0.729. The lowest BCUT2D eigenvalue weighted by molar-refractivity contribution is 0.659. The zero-order valence-electron chi connectivity index (χ0n) is 8.62. The van der Waals surface area contributed by atoms with E-state index in [1.807, 2.05) is 13.0 Å². The lowest BCUT2D eigenvalue weighted by Crippen LogP contribution is -2.04. The van der Waals surface area contributed by atoms with Crippen molar-refractivity contribution in [2.75, 3.05) is 0 Å². The molecular formula is C12H11N3. The smallest absolute Gasteiger partial charge is 0.101 e. The molecule has 0 atom stereocenters. The summed E-state index contributed by atoms with van der Waals surface area (Å²) in [7, 11) is 0. The Bertz CT molecular complexity index is 473. The summed E-state index contributed by atoms with van der Waals surface area (Å²) in [6.45, 7) is 1.92. The van der Waals surface area contributed by atoms with Gasteiger partial charge in [-0.25, -0.2) is 0 Å². The molecule has 0 amide bonds. The van der Waals surface area contributed by atoms with Crippen LogP contribution in [0, 0.1) is 35.0 Å². The minimum absolute atomic E-state index is 0.166. The fourth-order valence-electron chi connectivity index (χ4n) is 1.66. The third-order valence-electron chi connectivity index (χ3n) is 2.94. The van der Waals surface area contributed by atoms with Crippen LogP contribution in [-0.2, 0) is 6.42 Å². The van der Waals surface area contributed by atoms with Crippen LogP contribution in [-0.4, -0.2) is 4.98 Å². The highest BCUT2D eigenvalue weighted by molar-refractivity contribution is 5.34. The maximum Gasteiger partial charge on any atom is 0.101 e. The molecule has 0 bridgehead atoms. The third-order valence-corrected chi connectivity index (χ3v) is 2.94. The highest BCUT2D eigenvalue weighted by Crippen LogP contribution is 2.47. The molecule has 15 heavy (non-hydrogen) atoms. The molecule has 1 aliphatic rings. The molecule has 0 aliphatic heterocycles. The Labute approximate surface area is 89.0 Å². The Morgan fingerprint density at radius 3 is 2.73 bits per heavy atom. The van der Waals surface area contributed by atoms with Crippen LogP contribution in [0.15, 0.2) is 12.3 Å². The summed E-state index contributed by atoms with van der Waals surface area (Å²) in [5.41, 5.74) is 2.37. The van der Waals surface area contributed by atoms with Crippen LogP contribution >= 0.6 is 0 Å². The average Bonchev–Trinajstić information content (AvgIpc) is 3.02. The van der Waals surface area contributed by atoms with E-state index in [4.69, 9.17) is 10.5 Å². The van der Waals surface area contributed by atoms with E-state index in [-0.39, 0.29) is 5.41 Å². The first-order valence-corrected chi connectivity index (χ1v) is 4.96. The topological polar surface area (TPSA) is 60.5 Å². The first-order chi connectivity index (χ1) is 7.19. The number of hydrogen-bond acceptors (Lipinski definition) is 3. The van der Waals surface area contributed by atoms with Crippen LogP contribution in [0.4, 0.5) is 0 Å². The predicted octanol–water partition coefficient (Wildman–Crippen LogP) is 2.11. The molecule has 0 spiro atoms. The van der Waals surface area contributed by atoms with Crippen molar-refractivity contribution in [2.24, 2.45) is 5.41 Å². The largest absolute Gasteiger partial charge is 0.260 e. The van der Waals surface area contributed by atoms with Crippen molar-refractivity contribution in [3.05, 3.63) is 29.1 Å². The number of aromatic nitrogens is 1. The SMILES string of the molecule is Cc1ncc(C#N)cc1CC1(C#N)CC1. The minimum Gasteiger partial charge on any atom is -0.260 e. The molecule has 0 saturated heterocycles. The van der Waals surface area contributed by atoms with Gasteiger partial charge in [0.15, 0.2) is 0 Å². The maximum absolute atomic E-state index is 9.00. The molecule has 1 aliphatic carbocycles. The maximum atomic E-state index is 9.00. The van der Waals surface area contributed by atoms with Crippen molar-refractivity contribution < 1.29 is 0 Å². The van der Waals surface area contributed by atoms with Gasteiger partial charge in [0.1, 0.15) is 6.07 Å². The summed E-state index contributed by atoms with van der Waals surface area (Å²) in [5.74, 6) is 0. The van der Waals surface area contributed by atoms with Crippen LogP contribution in [0.3, 0.4) is 0 Å². The summed E-state index contributed by atoms with van der Waals surface area (Å²) in [6.07, 6.45) is 4.25. The van der Waals surface area contributed by atoms with E-state index in [9.17, 15) is 0 Å². The molecule has 0 N–H and O–H groups in total. The van der Waals surface area contributed by atoms with Crippen molar-refractivity contribution >= 4 is 0 Å². The van der Waals surface area contributed by atoms with E-state index < -0.39 is 0 Å². The highest BCUT2D eigenvalue weighted by Gasteiger charge is 2.43. The van der Waals surface area contributed by atoms with Gasteiger partial charge in [-0.15, -0.1) is 0 Å². The molecule has 1 saturated carbocycles. The molecule has 0 radical (unpaired) electrons. The van der Waals surface area contributed by atoms with E-state index in [0.717, 1.165) is 30.5 Å². The number of nitriles is 2. The number of hydrogen-bond donors (Lipinski definition) is 0. The van der Waals surface area contributed by atoms with Gasteiger partial charge < -0.3 is 0 Å². The average molecular weight is 197 g/mol. The molecule has 2 rings (SSSR count). The summed E-state index contributed by atoms with van der Waals surface area (Å²) < 4.78 is 0. The van der Waals surface area contributed by atoms with Crippen molar-refractivity contribution in [3.8, 4) is 12.1 Å².